The van der Waals surface area contributed by atoms with Crippen molar-refractivity contribution in [2.75, 3.05) is 18.1 Å². The number of rotatable bonds is 4. The van der Waals surface area contributed by atoms with Gasteiger partial charge in [0.1, 0.15) is 17.7 Å². The van der Waals surface area contributed by atoms with Crippen molar-refractivity contribution in [3.8, 4) is 5.88 Å². The molecule has 2 heterocycles. The average molecular weight is 279 g/mol. The van der Waals surface area contributed by atoms with E-state index in [1.807, 2.05) is 18.7 Å². The summed E-state index contributed by atoms with van der Waals surface area (Å²) in [4.78, 5) is 22.0. The van der Waals surface area contributed by atoms with E-state index >= 15 is 0 Å². The zero-order valence-electron chi connectivity index (χ0n) is 12.2. The second kappa shape index (κ2) is 6.07. The molecule has 1 aliphatic heterocycles. The third-order valence-electron chi connectivity index (χ3n) is 3.57. The van der Waals surface area contributed by atoms with E-state index in [-0.39, 0.29) is 5.92 Å². The predicted octanol–water partition coefficient (Wildman–Crippen LogP) is 1.87. The molecule has 0 amide bonds. The van der Waals surface area contributed by atoms with E-state index in [0.29, 0.717) is 30.7 Å². The van der Waals surface area contributed by atoms with Crippen LogP contribution in [0.1, 0.15) is 32.5 Å². The third-order valence-corrected chi connectivity index (χ3v) is 3.57. The van der Waals surface area contributed by atoms with Crippen molar-refractivity contribution >= 4 is 11.8 Å². The normalized spacial score (nSPS) is 22.6. The molecule has 1 saturated heterocycles. The minimum Gasteiger partial charge on any atom is -0.480 e. The third kappa shape index (κ3) is 3.00. The van der Waals surface area contributed by atoms with Gasteiger partial charge in [0.05, 0.1) is 6.61 Å². The number of piperidine rings is 1. The second-order valence-electron chi connectivity index (χ2n) is 5.14. The first-order chi connectivity index (χ1) is 9.52. The van der Waals surface area contributed by atoms with E-state index < -0.39 is 12.0 Å². The number of carboxylic acids is 1. The van der Waals surface area contributed by atoms with Gasteiger partial charge in [-0.15, -0.1) is 0 Å². The molecule has 1 N–H and O–H groups in total. The molecule has 6 heteroatoms. The fourth-order valence-corrected chi connectivity index (χ4v) is 2.72. The maximum absolute atomic E-state index is 11.5. The van der Waals surface area contributed by atoms with Gasteiger partial charge in [-0.05, 0) is 32.6 Å². The van der Waals surface area contributed by atoms with Crippen molar-refractivity contribution in [1.29, 1.82) is 0 Å². The van der Waals surface area contributed by atoms with Crippen LogP contribution in [-0.2, 0) is 4.79 Å². The smallest absolute Gasteiger partial charge is 0.326 e. The lowest BCUT2D eigenvalue weighted by Gasteiger charge is -2.38. The molecule has 0 bridgehead atoms. The summed E-state index contributed by atoms with van der Waals surface area (Å²) in [5, 5.41) is 9.47. The maximum Gasteiger partial charge on any atom is 0.326 e. The van der Waals surface area contributed by atoms with Crippen LogP contribution in [0.4, 0.5) is 5.82 Å². The Morgan fingerprint density at radius 2 is 2.30 bits per heavy atom. The number of hydrogen-bond donors (Lipinski definition) is 1. The highest BCUT2D eigenvalue weighted by Gasteiger charge is 2.35. The molecule has 1 aliphatic rings. The summed E-state index contributed by atoms with van der Waals surface area (Å²) < 4.78 is 5.42. The van der Waals surface area contributed by atoms with Gasteiger partial charge in [0.25, 0.3) is 0 Å². The van der Waals surface area contributed by atoms with Crippen molar-refractivity contribution in [1.82, 2.24) is 9.97 Å². The van der Waals surface area contributed by atoms with Crippen molar-refractivity contribution < 1.29 is 14.6 Å². The van der Waals surface area contributed by atoms with E-state index in [1.165, 1.54) is 0 Å². The van der Waals surface area contributed by atoms with E-state index in [1.54, 1.807) is 13.0 Å². The molecule has 2 unspecified atom stereocenters. The molecule has 0 radical (unpaired) electrons. The quantitative estimate of drug-likeness (QED) is 0.907. The SMILES string of the molecule is CCOc1cc(N2CCCC(C)C2C(=O)O)nc(C)n1. The first kappa shape index (κ1) is 14.6. The van der Waals surface area contributed by atoms with Gasteiger partial charge in [-0.3, -0.25) is 0 Å². The Balaban J connectivity index is 2.34. The van der Waals surface area contributed by atoms with Crippen molar-refractivity contribution in [3.05, 3.63) is 11.9 Å². The Labute approximate surface area is 118 Å². The Kier molecular flexibility index (Phi) is 4.42. The van der Waals surface area contributed by atoms with Crippen LogP contribution in [0.2, 0.25) is 0 Å². The maximum atomic E-state index is 11.5. The summed E-state index contributed by atoms with van der Waals surface area (Å²) in [5.74, 6) is 1.03. The number of aromatic nitrogens is 2. The molecule has 20 heavy (non-hydrogen) atoms. The monoisotopic (exact) mass is 279 g/mol. The zero-order valence-corrected chi connectivity index (χ0v) is 12.2. The highest BCUT2D eigenvalue weighted by atomic mass is 16.5. The molecule has 0 aliphatic carbocycles. The van der Waals surface area contributed by atoms with Crippen LogP contribution in [0.15, 0.2) is 6.07 Å². The summed E-state index contributed by atoms with van der Waals surface area (Å²) in [7, 11) is 0. The van der Waals surface area contributed by atoms with Crippen LogP contribution in [0, 0.1) is 12.8 Å². The number of aliphatic carboxylic acids is 1. The van der Waals surface area contributed by atoms with Gasteiger partial charge in [-0.25, -0.2) is 9.78 Å². The molecule has 1 aromatic rings. The molecule has 6 nitrogen and oxygen atoms in total. The second-order valence-corrected chi connectivity index (χ2v) is 5.14. The lowest BCUT2D eigenvalue weighted by atomic mass is 9.91. The van der Waals surface area contributed by atoms with Crippen molar-refractivity contribution in [3.63, 3.8) is 0 Å². The predicted molar refractivity (Wildman–Crippen MR) is 75.1 cm³/mol. The van der Waals surface area contributed by atoms with E-state index in [4.69, 9.17) is 4.74 Å². The molecule has 1 fully saturated rings. The number of carbonyl (C=O) groups is 1. The summed E-state index contributed by atoms with van der Waals surface area (Å²) in [6, 6.07) is 1.19. The van der Waals surface area contributed by atoms with Gasteiger partial charge < -0.3 is 14.7 Å². The van der Waals surface area contributed by atoms with Gasteiger partial charge in [0.2, 0.25) is 5.88 Å². The Hall–Kier alpha value is -1.85. The highest BCUT2D eigenvalue weighted by Crippen LogP contribution is 2.29. The minimum atomic E-state index is -0.800. The van der Waals surface area contributed by atoms with E-state index in [0.717, 1.165) is 12.8 Å². The van der Waals surface area contributed by atoms with Crippen LogP contribution >= 0.6 is 0 Å². The van der Waals surface area contributed by atoms with Crippen molar-refractivity contribution in [2.45, 2.75) is 39.7 Å². The highest BCUT2D eigenvalue weighted by molar-refractivity contribution is 5.78. The molecule has 1 aromatic heterocycles. The molecular formula is C14H21N3O3. The molecule has 0 aromatic carbocycles. The number of aryl methyl sites for hydroxylation is 1. The summed E-state index contributed by atoms with van der Waals surface area (Å²) in [6.07, 6.45) is 1.90. The van der Waals surface area contributed by atoms with Gasteiger partial charge in [0, 0.05) is 12.6 Å². The number of ether oxygens (including phenoxy) is 1. The molecule has 110 valence electrons. The number of nitrogens with zero attached hydrogens (tertiary/aromatic N) is 3. The van der Waals surface area contributed by atoms with E-state index in [9.17, 15) is 9.90 Å². The van der Waals surface area contributed by atoms with Gasteiger partial charge in [-0.2, -0.15) is 4.98 Å². The Morgan fingerprint density at radius 1 is 1.55 bits per heavy atom. The van der Waals surface area contributed by atoms with Crippen LogP contribution < -0.4 is 9.64 Å². The minimum absolute atomic E-state index is 0.104. The molecule has 0 saturated carbocycles. The molecular weight excluding hydrogens is 258 g/mol. The zero-order chi connectivity index (χ0) is 14.7. The Morgan fingerprint density at radius 3 is 2.95 bits per heavy atom. The number of carboxylic acid groups (broad SMARTS) is 1. The summed E-state index contributed by atoms with van der Waals surface area (Å²) in [6.45, 7) is 6.87. The van der Waals surface area contributed by atoms with Gasteiger partial charge in [0.15, 0.2) is 0 Å². The molecule has 0 spiro atoms. The fourth-order valence-electron chi connectivity index (χ4n) is 2.72. The van der Waals surface area contributed by atoms with Gasteiger partial charge >= 0.3 is 5.97 Å². The van der Waals surface area contributed by atoms with E-state index in [2.05, 4.69) is 9.97 Å². The lowest BCUT2D eigenvalue weighted by molar-refractivity contribution is -0.140. The fraction of sp³-hybridized carbons (Fsp3) is 0.643. The van der Waals surface area contributed by atoms with Crippen LogP contribution in [0.25, 0.3) is 0 Å². The number of anilines is 1. The largest absolute Gasteiger partial charge is 0.480 e. The topological polar surface area (TPSA) is 75.5 Å². The molecule has 2 atom stereocenters. The number of hydrogen-bond acceptors (Lipinski definition) is 5. The van der Waals surface area contributed by atoms with Gasteiger partial charge in [-0.1, -0.05) is 6.92 Å². The average Bonchev–Trinajstić information content (AvgIpc) is 2.37. The summed E-state index contributed by atoms with van der Waals surface area (Å²) in [5.41, 5.74) is 0. The van der Waals surface area contributed by atoms with Crippen molar-refractivity contribution in [2.24, 2.45) is 5.92 Å². The lowest BCUT2D eigenvalue weighted by Crippen LogP contribution is -2.49. The van der Waals surface area contributed by atoms with Crippen LogP contribution in [-0.4, -0.2) is 40.2 Å². The first-order valence-corrected chi connectivity index (χ1v) is 7.01. The van der Waals surface area contributed by atoms with Crippen LogP contribution in [0.3, 0.4) is 0 Å². The molecule has 2 rings (SSSR count). The Bertz CT molecular complexity index is 493. The standard InChI is InChI=1S/C14H21N3O3/c1-4-20-12-8-11(15-10(3)16-12)17-7-5-6-9(2)13(17)14(18)19/h8-9,13H,4-7H2,1-3H3,(H,18,19). The van der Waals surface area contributed by atoms with Crippen LogP contribution in [0.5, 0.6) is 5.88 Å². The first-order valence-electron chi connectivity index (χ1n) is 7.01. The summed E-state index contributed by atoms with van der Waals surface area (Å²) >= 11 is 0.